The van der Waals surface area contributed by atoms with E-state index in [0.717, 1.165) is 11.1 Å². The normalized spacial score (nSPS) is 11.0. The van der Waals surface area contributed by atoms with Gasteiger partial charge in [0.1, 0.15) is 11.3 Å². The Morgan fingerprint density at radius 3 is 3.04 bits per heavy atom. The Labute approximate surface area is 147 Å². The van der Waals surface area contributed by atoms with Gasteiger partial charge >= 0.3 is 0 Å². The molecule has 8 heteroatoms. The lowest BCUT2D eigenvalue weighted by atomic mass is 10.1. The number of nitrogens with zero attached hydrogens (tertiary/aromatic N) is 4. The number of halogens is 1. The fourth-order valence-corrected chi connectivity index (χ4v) is 2.95. The molecule has 2 N–H and O–H groups in total. The number of nitrogens with one attached hydrogen (secondary N) is 2. The maximum atomic E-state index is 12.6. The molecule has 0 atom stereocenters. The van der Waals surface area contributed by atoms with Crippen molar-refractivity contribution < 1.29 is 4.79 Å². The van der Waals surface area contributed by atoms with E-state index >= 15 is 0 Å². The third-order valence-corrected chi connectivity index (χ3v) is 3.95. The number of hydrogen-bond acceptors (Lipinski definition) is 4. The van der Waals surface area contributed by atoms with E-state index in [1.807, 2.05) is 19.1 Å². The van der Waals surface area contributed by atoms with Crippen LogP contribution in [0.5, 0.6) is 0 Å². The zero-order valence-corrected chi connectivity index (χ0v) is 13.9. The molecule has 0 aliphatic rings. The average molecular weight is 353 g/mol. The van der Waals surface area contributed by atoms with Crippen LogP contribution in [0.15, 0.2) is 49.1 Å². The lowest BCUT2D eigenvalue weighted by Crippen LogP contribution is -2.12. The van der Waals surface area contributed by atoms with Crippen molar-refractivity contribution in [2.75, 3.05) is 5.32 Å². The molecule has 0 spiro atoms. The summed E-state index contributed by atoms with van der Waals surface area (Å²) < 4.78 is 1.55. The summed E-state index contributed by atoms with van der Waals surface area (Å²) in [7, 11) is 0. The van der Waals surface area contributed by atoms with Gasteiger partial charge in [-0.3, -0.25) is 9.89 Å². The molecule has 0 aliphatic carbocycles. The molecule has 7 nitrogen and oxygen atoms in total. The van der Waals surface area contributed by atoms with Gasteiger partial charge in [0.15, 0.2) is 5.65 Å². The van der Waals surface area contributed by atoms with Gasteiger partial charge in [0.25, 0.3) is 5.91 Å². The van der Waals surface area contributed by atoms with Crippen molar-refractivity contribution in [2.24, 2.45) is 0 Å². The first-order chi connectivity index (χ1) is 12.1. The summed E-state index contributed by atoms with van der Waals surface area (Å²) in [6, 6.07) is 7.36. The highest BCUT2D eigenvalue weighted by atomic mass is 35.5. The number of fused-ring (bicyclic) bond motifs is 1. The largest absolute Gasteiger partial charge is 0.319 e. The Morgan fingerprint density at radius 1 is 1.32 bits per heavy atom. The van der Waals surface area contributed by atoms with Gasteiger partial charge in [-0.05, 0) is 36.8 Å². The van der Waals surface area contributed by atoms with E-state index in [1.165, 1.54) is 6.20 Å². The van der Waals surface area contributed by atoms with Gasteiger partial charge in [-0.2, -0.15) is 10.2 Å². The number of amides is 1. The maximum absolute atomic E-state index is 12.6. The predicted molar refractivity (Wildman–Crippen MR) is 94.7 cm³/mol. The molecule has 25 heavy (non-hydrogen) atoms. The molecule has 0 unspecified atom stereocenters. The van der Waals surface area contributed by atoms with Gasteiger partial charge in [-0.15, -0.1) is 0 Å². The van der Waals surface area contributed by atoms with Gasteiger partial charge in [-0.25, -0.2) is 9.50 Å². The Bertz CT molecular complexity index is 1060. The van der Waals surface area contributed by atoms with Crippen LogP contribution in [0.3, 0.4) is 0 Å². The SMILES string of the molecule is Cc1cc(Cl)cc(-c2n[nH]cc2NC(=O)c2cnn3cccnc23)c1. The fraction of sp³-hybridized carbons (Fsp3) is 0.0588. The van der Waals surface area contributed by atoms with Gasteiger partial charge in [-0.1, -0.05) is 11.6 Å². The molecule has 0 radical (unpaired) electrons. The third kappa shape index (κ3) is 2.85. The molecule has 124 valence electrons. The summed E-state index contributed by atoms with van der Waals surface area (Å²) in [6.45, 7) is 1.95. The van der Waals surface area contributed by atoms with Crippen LogP contribution in [0.2, 0.25) is 5.02 Å². The Morgan fingerprint density at radius 2 is 2.20 bits per heavy atom. The van der Waals surface area contributed by atoms with Crippen molar-refractivity contribution >= 4 is 28.8 Å². The van der Waals surface area contributed by atoms with Crippen molar-refractivity contribution in [3.8, 4) is 11.3 Å². The second-order valence-corrected chi connectivity index (χ2v) is 6.00. The highest BCUT2D eigenvalue weighted by Crippen LogP contribution is 2.29. The first-order valence-corrected chi connectivity index (χ1v) is 7.90. The second kappa shape index (κ2) is 6.03. The van der Waals surface area contributed by atoms with Crippen molar-refractivity contribution in [2.45, 2.75) is 6.92 Å². The molecule has 3 aromatic heterocycles. The van der Waals surface area contributed by atoms with Crippen LogP contribution in [0.1, 0.15) is 15.9 Å². The fourth-order valence-electron chi connectivity index (χ4n) is 2.66. The van der Waals surface area contributed by atoms with Crippen LogP contribution < -0.4 is 5.32 Å². The van der Waals surface area contributed by atoms with E-state index in [0.29, 0.717) is 27.6 Å². The smallest absolute Gasteiger partial charge is 0.261 e. The minimum atomic E-state index is -0.310. The number of rotatable bonds is 3. The predicted octanol–water partition coefficient (Wildman–Crippen LogP) is 3.33. The third-order valence-electron chi connectivity index (χ3n) is 3.73. The van der Waals surface area contributed by atoms with Crippen molar-refractivity contribution in [1.29, 1.82) is 0 Å². The number of aryl methyl sites for hydroxylation is 1. The van der Waals surface area contributed by atoms with Crippen molar-refractivity contribution in [3.05, 3.63) is 65.2 Å². The minimum Gasteiger partial charge on any atom is -0.319 e. The molecular weight excluding hydrogens is 340 g/mol. The minimum absolute atomic E-state index is 0.310. The highest BCUT2D eigenvalue weighted by molar-refractivity contribution is 6.31. The monoisotopic (exact) mass is 352 g/mol. The summed E-state index contributed by atoms with van der Waals surface area (Å²) in [5.41, 5.74) is 3.87. The quantitative estimate of drug-likeness (QED) is 0.592. The molecule has 0 saturated heterocycles. The average Bonchev–Trinajstić information content (AvgIpc) is 3.20. The lowest BCUT2D eigenvalue weighted by Gasteiger charge is -2.06. The Hall–Kier alpha value is -3.19. The van der Waals surface area contributed by atoms with Crippen LogP contribution >= 0.6 is 11.6 Å². The summed E-state index contributed by atoms with van der Waals surface area (Å²) in [5, 5.41) is 14.6. The molecule has 1 amide bonds. The molecule has 1 aromatic carbocycles. The van der Waals surface area contributed by atoms with Crippen molar-refractivity contribution in [3.63, 3.8) is 0 Å². The molecule has 0 bridgehead atoms. The van der Waals surface area contributed by atoms with E-state index in [2.05, 4.69) is 25.6 Å². The molecule has 0 fully saturated rings. The number of aromatic amines is 1. The van der Waals surface area contributed by atoms with Crippen LogP contribution in [0, 0.1) is 6.92 Å². The van der Waals surface area contributed by atoms with E-state index < -0.39 is 0 Å². The van der Waals surface area contributed by atoms with Crippen LogP contribution in [0.25, 0.3) is 16.9 Å². The summed E-state index contributed by atoms with van der Waals surface area (Å²) >= 11 is 6.13. The molecular formula is C17H13ClN6O. The van der Waals surface area contributed by atoms with Crippen molar-refractivity contribution in [1.82, 2.24) is 24.8 Å². The zero-order chi connectivity index (χ0) is 17.4. The van der Waals surface area contributed by atoms with E-state index in [9.17, 15) is 4.79 Å². The summed E-state index contributed by atoms with van der Waals surface area (Å²) in [6.07, 6.45) is 6.46. The van der Waals surface area contributed by atoms with Crippen LogP contribution in [0.4, 0.5) is 5.69 Å². The topological polar surface area (TPSA) is 88.0 Å². The molecule has 4 aromatic rings. The lowest BCUT2D eigenvalue weighted by molar-refractivity contribution is 0.102. The molecule has 0 saturated carbocycles. The number of hydrogen-bond donors (Lipinski definition) is 2. The molecule has 3 heterocycles. The maximum Gasteiger partial charge on any atom is 0.261 e. The molecule has 0 aliphatic heterocycles. The number of carbonyl (C=O) groups excluding carboxylic acids is 1. The summed E-state index contributed by atoms with van der Waals surface area (Å²) in [5.74, 6) is -0.310. The van der Waals surface area contributed by atoms with Gasteiger partial charge in [0, 0.05) is 29.2 Å². The van der Waals surface area contributed by atoms with E-state index in [1.54, 1.807) is 35.2 Å². The highest BCUT2D eigenvalue weighted by Gasteiger charge is 2.17. The first kappa shape index (κ1) is 15.3. The van der Waals surface area contributed by atoms with Crippen LogP contribution in [-0.2, 0) is 0 Å². The Kier molecular flexibility index (Phi) is 3.70. The zero-order valence-electron chi connectivity index (χ0n) is 13.2. The first-order valence-electron chi connectivity index (χ1n) is 7.53. The second-order valence-electron chi connectivity index (χ2n) is 5.57. The number of anilines is 1. The van der Waals surface area contributed by atoms with Gasteiger partial charge in [0.2, 0.25) is 0 Å². The van der Waals surface area contributed by atoms with Gasteiger partial charge < -0.3 is 5.32 Å². The van der Waals surface area contributed by atoms with E-state index in [-0.39, 0.29) is 5.91 Å². The summed E-state index contributed by atoms with van der Waals surface area (Å²) in [4.78, 5) is 16.8. The number of aromatic nitrogens is 5. The standard InChI is InChI=1S/C17H13ClN6O/c1-10-5-11(7-12(18)6-10)15-14(9-20-23-15)22-17(25)13-8-21-24-4-2-3-19-16(13)24/h2-9H,1H3,(H,20,23)(H,22,25). The number of carbonyl (C=O) groups is 1. The van der Waals surface area contributed by atoms with Crippen LogP contribution in [-0.4, -0.2) is 30.7 Å². The number of benzene rings is 1. The Balaban J connectivity index is 1.68. The number of H-pyrrole nitrogens is 1. The van der Waals surface area contributed by atoms with Gasteiger partial charge in [0.05, 0.1) is 11.9 Å². The van der Waals surface area contributed by atoms with E-state index in [4.69, 9.17) is 11.6 Å². The molecule has 4 rings (SSSR count).